The highest BCUT2D eigenvalue weighted by molar-refractivity contribution is 7.12. The second-order valence-corrected chi connectivity index (χ2v) is 10.4. The molecule has 0 radical (unpaired) electrons. The number of amides is 1. The molecule has 3 N–H and O–H groups in total. The third kappa shape index (κ3) is 3.78. The molecule has 1 unspecified atom stereocenters. The number of ketones is 1. The standard InChI is InChI=1S/C23H22ClN5O2S/c1-12-6-7-17(32-12)18-14(11-25)21(26)29(15-9-23(2,3)10-16(30)19(15)18)28-22(31)13-5-4-8-27-20(13)24/h4-8,18H,9-10,26H2,1-3H3,(H,28,31). The van der Waals surface area contributed by atoms with Gasteiger partial charge in [-0.2, -0.15) is 5.26 Å². The fourth-order valence-corrected chi connectivity index (χ4v) is 5.45. The van der Waals surface area contributed by atoms with E-state index in [-0.39, 0.29) is 33.3 Å². The van der Waals surface area contributed by atoms with E-state index >= 15 is 0 Å². The Morgan fingerprint density at radius 1 is 1.38 bits per heavy atom. The Morgan fingerprint density at radius 3 is 2.75 bits per heavy atom. The molecule has 2 aromatic rings. The summed E-state index contributed by atoms with van der Waals surface area (Å²) >= 11 is 7.62. The predicted octanol–water partition coefficient (Wildman–Crippen LogP) is 4.19. The third-order valence-corrected chi connectivity index (χ3v) is 7.01. The number of nitrogens with one attached hydrogen (secondary N) is 1. The summed E-state index contributed by atoms with van der Waals surface area (Å²) in [6, 6.07) is 9.22. The van der Waals surface area contributed by atoms with Crippen molar-refractivity contribution in [3.63, 3.8) is 0 Å². The van der Waals surface area contributed by atoms with Gasteiger partial charge in [0.25, 0.3) is 5.91 Å². The topological polar surface area (TPSA) is 112 Å². The first-order valence-corrected chi connectivity index (χ1v) is 11.3. The molecule has 2 aliphatic rings. The van der Waals surface area contributed by atoms with Crippen molar-refractivity contribution < 1.29 is 9.59 Å². The van der Waals surface area contributed by atoms with Gasteiger partial charge in [-0.25, -0.2) is 9.99 Å². The van der Waals surface area contributed by atoms with E-state index in [2.05, 4.69) is 16.5 Å². The zero-order valence-electron chi connectivity index (χ0n) is 17.9. The number of hydrazine groups is 1. The molecule has 0 aromatic carbocycles. The van der Waals surface area contributed by atoms with Crippen LogP contribution in [0.1, 0.15) is 52.7 Å². The first-order valence-electron chi connectivity index (χ1n) is 10.1. The van der Waals surface area contributed by atoms with Crippen LogP contribution in [-0.2, 0) is 4.79 Å². The largest absolute Gasteiger partial charge is 0.383 e. The Kier molecular flexibility index (Phi) is 5.57. The maximum absolute atomic E-state index is 13.4. The summed E-state index contributed by atoms with van der Waals surface area (Å²) in [5.74, 6) is -1.03. The van der Waals surface area contributed by atoms with Crippen molar-refractivity contribution in [1.82, 2.24) is 15.4 Å². The summed E-state index contributed by atoms with van der Waals surface area (Å²) in [7, 11) is 0. The van der Waals surface area contributed by atoms with Gasteiger partial charge in [-0.15, -0.1) is 11.3 Å². The molecule has 4 rings (SSSR count). The SMILES string of the molecule is Cc1ccc(C2C(C#N)=C(N)N(NC(=O)c3cccnc3Cl)C3=C2C(=O)CC(C)(C)C3)s1. The lowest BCUT2D eigenvalue weighted by molar-refractivity contribution is -0.118. The normalized spacial score (nSPS) is 20.2. The minimum atomic E-state index is -0.549. The summed E-state index contributed by atoms with van der Waals surface area (Å²) in [6.45, 7) is 5.97. The van der Waals surface area contributed by atoms with E-state index in [0.717, 1.165) is 9.75 Å². The number of aryl methyl sites for hydroxylation is 1. The molecule has 7 nitrogen and oxygen atoms in total. The van der Waals surface area contributed by atoms with Crippen molar-refractivity contribution in [2.24, 2.45) is 11.1 Å². The number of halogens is 1. The van der Waals surface area contributed by atoms with Crippen LogP contribution in [0.15, 0.2) is 53.1 Å². The maximum Gasteiger partial charge on any atom is 0.273 e. The Hall–Kier alpha value is -3.15. The van der Waals surface area contributed by atoms with E-state index in [1.165, 1.54) is 22.5 Å². The molecule has 0 fully saturated rings. The van der Waals surface area contributed by atoms with Gasteiger partial charge < -0.3 is 5.73 Å². The van der Waals surface area contributed by atoms with Crippen molar-refractivity contribution >= 4 is 34.6 Å². The van der Waals surface area contributed by atoms with Crippen LogP contribution in [0.4, 0.5) is 0 Å². The van der Waals surface area contributed by atoms with Gasteiger partial charge in [0.05, 0.1) is 28.8 Å². The molecule has 0 spiro atoms. The van der Waals surface area contributed by atoms with E-state index in [4.69, 9.17) is 17.3 Å². The summed E-state index contributed by atoms with van der Waals surface area (Å²) < 4.78 is 0. The van der Waals surface area contributed by atoms with E-state index < -0.39 is 11.8 Å². The smallest absolute Gasteiger partial charge is 0.273 e. The van der Waals surface area contributed by atoms with Crippen molar-refractivity contribution in [1.29, 1.82) is 5.26 Å². The van der Waals surface area contributed by atoms with Gasteiger partial charge in [0.15, 0.2) is 5.78 Å². The molecule has 9 heteroatoms. The summed E-state index contributed by atoms with van der Waals surface area (Å²) in [5, 5.41) is 11.4. The zero-order chi connectivity index (χ0) is 23.2. The molecule has 32 heavy (non-hydrogen) atoms. The number of carbonyl (C=O) groups is 2. The molecule has 0 saturated carbocycles. The highest BCUT2D eigenvalue weighted by atomic mass is 35.5. The Labute approximate surface area is 195 Å². The number of hydrogen-bond acceptors (Lipinski definition) is 7. The lowest BCUT2D eigenvalue weighted by Crippen LogP contribution is -2.49. The quantitative estimate of drug-likeness (QED) is 0.654. The van der Waals surface area contributed by atoms with E-state index in [1.807, 2.05) is 32.9 Å². The van der Waals surface area contributed by atoms with E-state index in [1.54, 1.807) is 12.1 Å². The van der Waals surface area contributed by atoms with Gasteiger partial charge in [-0.05, 0) is 43.0 Å². The van der Waals surface area contributed by atoms with Gasteiger partial charge in [0, 0.05) is 27.9 Å². The van der Waals surface area contributed by atoms with Crippen LogP contribution < -0.4 is 11.2 Å². The number of nitrogens with zero attached hydrogens (tertiary/aromatic N) is 3. The number of Topliss-reactive ketones (excluding diaryl/α,β-unsaturated/α-hetero) is 1. The van der Waals surface area contributed by atoms with Crippen LogP contribution in [0.25, 0.3) is 0 Å². The second kappa shape index (κ2) is 8.08. The average Bonchev–Trinajstić information content (AvgIpc) is 3.15. The molecule has 164 valence electrons. The van der Waals surface area contributed by atoms with Crippen LogP contribution in [0, 0.1) is 23.7 Å². The highest BCUT2D eigenvalue weighted by Crippen LogP contribution is 2.49. The van der Waals surface area contributed by atoms with Crippen LogP contribution in [-0.4, -0.2) is 21.7 Å². The van der Waals surface area contributed by atoms with Crippen molar-refractivity contribution in [3.8, 4) is 6.07 Å². The molecule has 1 amide bonds. The van der Waals surface area contributed by atoms with Crippen molar-refractivity contribution in [3.05, 3.63) is 73.6 Å². The first kappa shape index (κ1) is 22.1. The van der Waals surface area contributed by atoms with E-state index in [9.17, 15) is 14.9 Å². The van der Waals surface area contributed by atoms with Gasteiger partial charge in [-0.3, -0.25) is 15.0 Å². The number of carbonyl (C=O) groups excluding carboxylic acids is 2. The number of thiophene rings is 1. The minimum absolute atomic E-state index is 0.0475. The molecular formula is C23H22ClN5O2S. The summed E-state index contributed by atoms with van der Waals surface area (Å²) in [5.41, 5.74) is 10.4. The number of allylic oxidation sites excluding steroid dienone is 3. The second-order valence-electron chi connectivity index (χ2n) is 8.71. The van der Waals surface area contributed by atoms with E-state index in [0.29, 0.717) is 24.1 Å². The van der Waals surface area contributed by atoms with Gasteiger partial charge >= 0.3 is 0 Å². The van der Waals surface area contributed by atoms with Crippen molar-refractivity contribution in [2.45, 2.75) is 39.5 Å². The Bertz CT molecular complexity index is 1240. The van der Waals surface area contributed by atoms with Crippen LogP contribution in [0.2, 0.25) is 5.15 Å². The fourth-order valence-electron chi connectivity index (χ4n) is 4.25. The molecule has 2 aromatic heterocycles. The summed E-state index contributed by atoms with van der Waals surface area (Å²) in [4.78, 5) is 32.3. The molecule has 0 bridgehead atoms. The number of aromatic nitrogens is 1. The third-order valence-electron chi connectivity index (χ3n) is 5.64. The van der Waals surface area contributed by atoms with Gasteiger partial charge in [0.2, 0.25) is 0 Å². The number of rotatable bonds is 3. The highest BCUT2D eigenvalue weighted by Gasteiger charge is 2.45. The number of nitrogens with two attached hydrogens (primary N) is 1. The average molecular weight is 468 g/mol. The van der Waals surface area contributed by atoms with Crippen LogP contribution in [0.5, 0.6) is 0 Å². The lowest BCUT2D eigenvalue weighted by atomic mass is 9.70. The van der Waals surface area contributed by atoms with Crippen molar-refractivity contribution in [2.75, 3.05) is 0 Å². The summed E-state index contributed by atoms with van der Waals surface area (Å²) in [6.07, 6.45) is 2.34. The molecular weight excluding hydrogens is 446 g/mol. The first-order chi connectivity index (χ1) is 15.1. The zero-order valence-corrected chi connectivity index (χ0v) is 19.5. The molecule has 0 saturated heterocycles. The van der Waals surface area contributed by atoms with Gasteiger partial charge in [0.1, 0.15) is 11.0 Å². The predicted molar refractivity (Wildman–Crippen MR) is 122 cm³/mol. The Morgan fingerprint density at radius 2 is 2.12 bits per heavy atom. The van der Waals surface area contributed by atoms with Crippen LogP contribution in [0.3, 0.4) is 0 Å². The van der Waals surface area contributed by atoms with Crippen LogP contribution >= 0.6 is 22.9 Å². The molecule has 1 aliphatic heterocycles. The fraction of sp³-hybridized carbons (Fsp3) is 0.304. The number of hydrogen-bond donors (Lipinski definition) is 2. The molecule has 3 heterocycles. The molecule has 1 aliphatic carbocycles. The maximum atomic E-state index is 13.4. The number of pyridine rings is 1. The number of nitriles is 1. The van der Waals surface area contributed by atoms with Gasteiger partial charge in [-0.1, -0.05) is 25.4 Å². The Balaban J connectivity index is 1.86. The monoisotopic (exact) mass is 467 g/mol. The minimum Gasteiger partial charge on any atom is -0.383 e. The molecule has 1 atom stereocenters. The lowest BCUT2D eigenvalue weighted by Gasteiger charge is -2.43.